The molecule has 2 fully saturated rings. The van der Waals surface area contributed by atoms with Gasteiger partial charge in [0.1, 0.15) is 11.9 Å². The molecule has 0 radical (unpaired) electrons. The van der Waals surface area contributed by atoms with Crippen molar-refractivity contribution in [3.05, 3.63) is 23.4 Å². The van der Waals surface area contributed by atoms with Gasteiger partial charge in [-0.2, -0.15) is 0 Å². The number of carboxylic acids is 1. The van der Waals surface area contributed by atoms with Crippen LogP contribution in [0, 0.1) is 11.8 Å². The molecule has 1 amide bonds. The van der Waals surface area contributed by atoms with Gasteiger partial charge in [-0.15, -0.1) is 0 Å². The number of aliphatic carboxylic acids is 1. The van der Waals surface area contributed by atoms with Crippen LogP contribution in [-0.4, -0.2) is 47.3 Å². The highest BCUT2D eigenvalue weighted by atomic mass is 16.5. The number of carbonyl (C=O) groups excluding carboxylic acids is 1. The van der Waals surface area contributed by atoms with Crippen LogP contribution in [0.25, 0.3) is 0 Å². The highest BCUT2D eigenvalue weighted by molar-refractivity contribution is 5.83. The molecule has 0 spiro atoms. The summed E-state index contributed by atoms with van der Waals surface area (Å²) in [7, 11) is 0. The van der Waals surface area contributed by atoms with E-state index in [1.807, 2.05) is 0 Å². The van der Waals surface area contributed by atoms with E-state index in [9.17, 15) is 14.7 Å². The van der Waals surface area contributed by atoms with E-state index in [0.29, 0.717) is 31.3 Å². The van der Waals surface area contributed by atoms with Crippen LogP contribution < -0.4 is 10.6 Å². The number of hydrogen-bond donors (Lipinski definition) is 3. The number of hydrogen-bond acceptors (Lipinski definition) is 5. The van der Waals surface area contributed by atoms with Gasteiger partial charge < -0.3 is 20.5 Å². The van der Waals surface area contributed by atoms with E-state index < -0.39 is 12.0 Å². The summed E-state index contributed by atoms with van der Waals surface area (Å²) in [6.07, 6.45) is 10.8. The molecule has 2 aliphatic carbocycles. The lowest BCUT2D eigenvalue weighted by Gasteiger charge is -2.35. The summed E-state index contributed by atoms with van der Waals surface area (Å²) in [6, 6.07) is 3.51. The Balaban J connectivity index is 1.10. The molecule has 3 N–H and O–H groups in total. The topological polar surface area (TPSA) is 101 Å². The molecule has 2 heterocycles. The van der Waals surface area contributed by atoms with E-state index in [1.54, 1.807) is 0 Å². The molecule has 1 aliphatic heterocycles. The Hall–Kier alpha value is -2.15. The maximum Gasteiger partial charge on any atom is 0.326 e. The lowest BCUT2D eigenvalue weighted by Crippen LogP contribution is -2.43. The summed E-state index contributed by atoms with van der Waals surface area (Å²) >= 11 is 0. The zero-order chi connectivity index (χ0) is 21.6. The summed E-state index contributed by atoms with van der Waals surface area (Å²) < 4.78 is 5.87. The van der Waals surface area contributed by atoms with Gasteiger partial charge in [0.05, 0.1) is 6.10 Å². The molecule has 2 saturated carbocycles. The first-order chi connectivity index (χ1) is 15.1. The molecule has 0 bridgehead atoms. The molecular weight excluding hydrogens is 394 g/mol. The van der Waals surface area contributed by atoms with Crippen LogP contribution >= 0.6 is 0 Å². The van der Waals surface area contributed by atoms with Crippen molar-refractivity contribution in [3.8, 4) is 0 Å². The number of carboxylic acid groups (broad SMARTS) is 1. The Labute approximate surface area is 184 Å². The van der Waals surface area contributed by atoms with Crippen LogP contribution in [0.4, 0.5) is 5.82 Å². The van der Waals surface area contributed by atoms with Crippen LogP contribution in [0.1, 0.15) is 69.0 Å². The molecule has 0 saturated heterocycles. The summed E-state index contributed by atoms with van der Waals surface area (Å²) in [4.78, 5) is 28.2. The number of amides is 1. The molecule has 3 aliphatic rings. The quantitative estimate of drug-likeness (QED) is 0.499. The SMILES string of the molecule is O=C(CC1CCC1)NC(CCO[C@H]1C[C@H](CCc2ccc3c(n2)NCCC3)C1)C(=O)O. The Morgan fingerprint density at radius 3 is 2.81 bits per heavy atom. The van der Waals surface area contributed by atoms with Crippen molar-refractivity contribution in [1.82, 2.24) is 10.3 Å². The van der Waals surface area contributed by atoms with Gasteiger partial charge in [-0.1, -0.05) is 12.5 Å². The molecule has 1 aromatic rings. The van der Waals surface area contributed by atoms with Crippen molar-refractivity contribution >= 4 is 17.7 Å². The molecule has 4 rings (SSSR count). The Morgan fingerprint density at radius 1 is 1.23 bits per heavy atom. The number of nitrogens with one attached hydrogen (secondary N) is 2. The minimum atomic E-state index is -0.982. The Bertz CT molecular complexity index is 774. The first-order valence-electron chi connectivity index (χ1n) is 11.9. The number of nitrogens with zero attached hydrogens (tertiary/aromatic N) is 1. The van der Waals surface area contributed by atoms with Crippen molar-refractivity contribution < 1.29 is 19.4 Å². The molecule has 7 heteroatoms. The number of pyridine rings is 1. The molecule has 1 unspecified atom stereocenters. The fourth-order valence-electron chi connectivity index (χ4n) is 4.73. The highest BCUT2D eigenvalue weighted by Gasteiger charge is 2.30. The summed E-state index contributed by atoms with van der Waals surface area (Å²) in [5, 5.41) is 15.4. The Kier molecular flexibility index (Phi) is 7.43. The van der Waals surface area contributed by atoms with Crippen LogP contribution in [0.15, 0.2) is 12.1 Å². The first kappa shape index (κ1) is 22.1. The summed E-state index contributed by atoms with van der Waals surface area (Å²) in [6.45, 7) is 1.38. The van der Waals surface area contributed by atoms with Gasteiger partial charge in [-0.25, -0.2) is 9.78 Å². The second-order valence-electron chi connectivity index (χ2n) is 9.46. The van der Waals surface area contributed by atoms with Gasteiger partial charge in [0.15, 0.2) is 0 Å². The van der Waals surface area contributed by atoms with Crippen LogP contribution in [0.3, 0.4) is 0 Å². The molecule has 0 aromatic carbocycles. The van der Waals surface area contributed by atoms with Crippen LogP contribution in [0.5, 0.6) is 0 Å². The average molecular weight is 430 g/mol. The molecule has 1 atom stereocenters. The van der Waals surface area contributed by atoms with E-state index in [0.717, 1.165) is 63.0 Å². The molecule has 1 aromatic heterocycles. The maximum absolute atomic E-state index is 12.0. The third-order valence-electron chi connectivity index (χ3n) is 7.05. The third-order valence-corrected chi connectivity index (χ3v) is 7.05. The zero-order valence-corrected chi connectivity index (χ0v) is 18.3. The normalized spacial score (nSPS) is 23.6. The van der Waals surface area contributed by atoms with E-state index in [-0.39, 0.29) is 12.0 Å². The number of anilines is 1. The lowest BCUT2D eigenvalue weighted by molar-refractivity contribution is -0.143. The van der Waals surface area contributed by atoms with E-state index in [1.165, 1.54) is 18.4 Å². The monoisotopic (exact) mass is 429 g/mol. The first-order valence-corrected chi connectivity index (χ1v) is 11.9. The largest absolute Gasteiger partial charge is 0.480 e. The molecular formula is C24H35N3O4. The standard InChI is InChI=1S/C24H35N3O4/c28-22(15-16-3-1-4-16)27-21(24(29)30)10-12-31-20-13-17(14-20)6-8-19-9-7-18-5-2-11-25-23(18)26-19/h7,9,16-17,20-21H,1-6,8,10-15H2,(H,25,26)(H,27,28)(H,29,30)/t17-,20-,21?. The third kappa shape index (κ3) is 6.19. The zero-order valence-electron chi connectivity index (χ0n) is 18.3. The van der Waals surface area contributed by atoms with Crippen LogP contribution in [-0.2, 0) is 27.2 Å². The number of aryl methyl sites for hydroxylation is 2. The molecule has 31 heavy (non-hydrogen) atoms. The second-order valence-corrected chi connectivity index (χ2v) is 9.46. The Morgan fingerprint density at radius 2 is 2.06 bits per heavy atom. The van der Waals surface area contributed by atoms with Gasteiger partial charge in [0, 0.05) is 31.7 Å². The van der Waals surface area contributed by atoms with Gasteiger partial charge >= 0.3 is 5.97 Å². The van der Waals surface area contributed by atoms with Crippen molar-refractivity contribution in [1.29, 1.82) is 0 Å². The fourth-order valence-corrected chi connectivity index (χ4v) is 4.73. The second kappa shape index (κ2) is 10.4. The van der Waals surface area contributed by atoms with Crippen molar-refractivity contribution in [2.45, 2.75) is 82.8 Å². The predicted molar refractivity (Wildman–Crippen MR) is 118 cm³/mol. The van der Waals surface area contributed by atoms with Gasteiger partial charge in [0.2, 0.25) is 5.91 Å². The number of ether oxygens (including phenoxy) is 1. The van der Waals surface area contributed by atoms with Gasteiger partial charge in [-0.3, -0.25) is 4.79 Å². The number of rotatable bonds is 11. The predicted octanol–water partition coefficient (Wildman–Crippen LogP) is 3.32. The highest BCUT2D eigenvalue weighted by Crippen LogP contribution is 2.34. The van der Waals surface area contributed by atoms with Crippen molar-refractivity contribution in [2.24, 2.45) is 11.8 Å². The van der Waals surface area contributed by atoms with E-state index in [4.69, 9.17) is 9.72 Å². The van der Waals surface area contributed by atoms with Crippen molar-refractivity contribution in [3.63, 3.8) is 0 Å². The maximum atomic E-state index is 12.0. The minimum absolute atomic E-state index is 0.146. The lowest BCUT2D eigenvalue weighted by atomic mass is 9.79. The van der Waals surface area contributed by atoms with Gasteiger partial charge in [-0.05, 0) is 74.8 Å². The van der Waals surface area contributed by atoms with Crippen molar-refractivity contribution in [2.75, 3.05) is 18.5 Å². The number of carbonyl (C=O) groups is 2. The smallest absolute Gasteiger partial charge is 0.326 e. The summed E-state index contributed by atoms with van der Waals surface area (Å²) in [5.74, 6) is 1.01. The van der Waals surface area contributed by atoms with E-state index in [2.05, 4.69) is 22.8 Å². The van der Waals surface area contributed by atoms with E-state index >= 15 is 0 Å². The number of fused-ring (bicyclic) bond motifs is 1. The molecule has 170 valence electrons. The number of aromatic nitrogens is 1. The van der Waals surface area contributed by atoms with Crippen LogP contribution in [0.2, 0.25) is 0 Å². The molecule has 7 nitrogen and oxygen atoms in total. The van der Waals surface area contributed by atoms with Gasteiger partial charge in [0.25, 0.3) is 0 Å². The minimum Gasteiger partial charge on any atom is -0.480 e. The summed E-state index contributed by atoms with van der Waals surface area (Å²) in [5.41, 5.74) is 2.48. The average Bonchev–Trinajstić information content (AvgIpc) is 2.70. The fraction of sp³-hybridized carbons (Fsp3) is 0.708.